The number of fused-ring (bicyclic) bond motifs is 1. The van der Waals surface area contributed by atoms with Crippen LogP contribution in [0.2, 0.25) is 0 Å². The Bertz CT molecular complexity index is 995. The number of thiazole rings is 1. The van der Waals surface area contributed by atoms with E-state index in [1.54, 1.807) is 37.7 Å². The number of hydrogen-bond donors (Lipinski definition) is 0. The number of likely N-dealkylation sites (tertiary alicyclic amines) is 1. The average Bonchev–Trinajstić information content (AvgIpc) is 3.38. The maximum Gasteiger partial charge on any atom is 0.247 e. The van der Waals surface area contributed by atoms with Crippen molar-refractivity contribution in [3.05, 3.63) is 59.1 Å². The Morgan fingerprint density at radius 3 is 2.86 bits per heavy atom. The molecule has 1 amide bonds. The molecule has 2 heterocycles. The molecule has 0 saturated carbocycles. The maximum atomic E-state index is 12.9. The average molecular weight is 394 g/mol. The lowest BCUT2D eigenvalue weighted by molar-refractivity contribution is -0.126. The van der Waals surface area contributed by atoms with Crippen molar-refractivity contribution >= 4 is 33.5 Å². The number of aromatic nitrogens is 1. The summed E-state index contributed by atoms with van der Waals surface area (Å²) in [6, 6.07) is 13.7. The van der Waals surface area contributed by atoms with Crippen LogP contribution in [0.1, 0.15) is 29.5 Å². The molecule has 2 aromatic carbocycles. The van der Waals surface area contributed by atoms with Crippen molar-refractivity contribution in [2.24, 2.45) is 0 Å². The van der Waals surface area contributed by atoms with Gasteiger partial charge in [-0.1, -0.05) is 12.1 Å². The standard InChI is InChI=1S/C22H22N2O3S/c1-26-16-10-11-19(27-2)15(14-16)9-12-21(25)24-13-5-7-18(24)22-23-17-6-3-4-8-20(17)28-22/h3-4,6,8-12,14,18H,5,7,13H2,1-2H3/b12-9+/t18-/m1/s1. The Labute approximate surface area is 168 Å². The van der Waals surface area contributed by atoms with E-state index in [9.17, 15) is 4.79 Å². The van der Waals surface area contributed by atoms with Gasteiger partial charge in [-0.25, -0.2) is 4.98 Å². The molecule has 1 saturated heterocycles. The second-order valence-corrected chi connectivity index (χ2v) is 7.71. The van der Waals surface area contributed by atoms with Crippen molar-refractivity contribution in [2.75, 3.05) is 20.8 Å². The molecular formula is C22H22N2O3S. The van der Waals surface area contributed by atoms with Gasteiger partial charge in [0, 0.05) is 18.2 Å². The number of methoxy groups -OCH3 is 2. The van der Waals surface area contributed by atoms with Crippen LogP contribution in [-0.2, 0) is 4.79 Å². The highest BCUT2D eigenvalue weighted by Crippen LogP contribution is 2.36. The molecule has 0 bridgehead atoms. The molecule has 0 spiro atoms. The highest BCUT2D eigenvalue weighted by Gasteiger charge is 2.31. The molecule has 3 aromatic rings. The number of carbonyl (C=O) groups excluding carboxylic acids is 1. The zero-order chi connectivity index (χ0) is 19.5. The van der Waals surface area contributed by atoms with E-state index in [2.05, 4.69) is 6.07 Å². The van der Waals surface area contributed by atoms with Crippen molar-refractivity contribution in [1.29, 1.82) is 0 Å². The third kappa shape index (κ3) is 3.60. The Morgan fingerprint density at radius 2 is 2.07 bits per heavy atom. The fraction of sp³-hybridized carbons (Fsp3) is 0.273. The first-order valence-corrected chi connectivity index (χ1v) is 10.1. The summed E-state index contributed by atoms with van der Waals surface area (Å²) in [5.74, 6) is 1.42. The molecule has 1 fully saturated rings. The van der Waals surface area contributed by atoms with Crippen LogP contribution in [-0.4, -0.2) is 36.6 Å². The third-order valence-electron chi connectivity index (χ3n) is 4.97. The van der Waals surface area contributed by atoms with Crippen LogP contribution < -0.4 is 9.47 Å². The zero-order valence-electron chi connectivity index (χ0n) is 15.9. The normalized spacial score (nSPS) is 16.8. The summed E-state index contributed by atoms with van der Waals surface area (Å²) in [5, 5.41) is 1.01. The molecule has 0 radical (unpaired) electrons. The number of benzene rings is 2. The second-order valence-electron chi connectivity index (χ2n) is 6.65. The Kier molecular flexibility index (Phi) is 5.30. The summed E-state index contributed by atoms with van der Waals surface area (Å²) >= 11 is 1.68. The first-order valence-electron chi connectivity index (χ1n) is 9.26. The number of hydrogen-bond acceptors (Lipinski definition) is 5. The molecule has 1 atom stereocenters. The number of amides is 1. The van der Waals surface area contributed by atoms with Crippen molar-refractivity contribution in [1.82, 2.24) is 9.88 Å². The molecule has 1 aromatic heterocycles. The van der Waals surface area contributed by atoms with Gasteiger partial charge in [-0.05, 0) is 49.2 Å². The van der Waals surface area contributed by atoms with Gasteiger partial charge in [-0.15, -0.1) is 11.3 Å². The largest absolute Gasteiger partial charge is 0.497 e. The Morgan fingerprint density at radius 1 is 1.21 bits per heavy atom. The van der Waals surface area contributed by atoms with Gasteiger partial charge >= 0.3 is 0 Å². The number of rotatable bonds is 5. The molecule has 0 aliphatic carbocycles. The maximum absolute atomic E-state index is 12.9. The fourth-order valence-corrected chi connectivity index (χ4v) is 4.66. The minimum atomic E-state index is -0.00775. The van der Waals surface area contributed by atoms with E-state index >= 15 is 0 Å². The summed E-state index contributed by atoms with van der Waals surface area (Å²) in [5.41, 5.74) is 1.81. The van der Waals surface area contributed by atoms with Crippen LogP contribution in [0.25, 0.3) is 16.3 Å². The van der Waals surface area contributed by atoms with E-state index < -0.39 is 0 Å². The predicted octanol–water partition coefficient (Wildman–Crippen LogP) is 4.69. The lowest BCUT2D eigenvalue weighted by atomic mass is 10.1. The lowest BCUT2D eigenvalue weighted by Crippen LogP contribution is -2.28. The first-order chi connectivity index (χ1) is 13.7. The molecule has 5 nitrogen and oxygen atoms in total. The predicted molar refractivity (Wildman–Crippen MR) is 112 cm³/mol. The van der Waals surface area contributed by atoms with E-state index in [0.29, 0.717) is 5.75 Å². The van der Waals surface area contributed by atoms with Gasteiger partial charge in [-0.3, -0.25) is 4.79 Å². The smallest absolute Gasteiger partial charge is 0.247 e. The molecule has 4 rings (SSSR count). The second kappa shape index (κ2) is 8.02. The van der Waals surface area contributed by atoms with E-state index in [1.165, 1.54) is 0 Å². The number of carbonyl (C=O) groups is 1. The number of ether oxygens (including phenoxy) is 2. The molecular weight excluding hydrogens is 372 g/mol. The molecule has 0 unspecified atom stereocenters. The lowest BCUT2D eigenvalue weighted by Gasteiger charge is -2.21. The summed E-state index contributed by atoms with van der Waals surface area (Å²) in [4.78, 5) is 19.6. The highest BCUT2D eigenvalue weighted by atomic mass is 32.1. The molecule has 6 heteroatoms. The third-order valence-corrected chi connectivity index (χ3v) is 6.11. The minimum Gasteiger partial charge on any atom is -0.497 e. The van der Waals surface area contributed by atoms with E-state index in [4.69, 9.17) is 14.5 Å². The van der Waals surface area contributed by atoms with E-state index in [-0.39, 0.29) is 11.9 Å². The first kappa shape index (κ1) is 18.5. The molecule has 28 heavy (non-hydrogen) atoms. The van der Waals surface area contributed by atoms with Gasteiger partial charge in [0.05, 0.1) is 30.5 Å². The SMILES string of the molecule is COc1ccc(OC)c(/C=C/C(=O)N2CCC[C@@H]2c2nc3ccccc3s2)c1. The molecule has 1 aliphatic heterocycles. The molecule has 0 N–H and O–H groups in total. The van der Waals surface area contributed by atoms with Crippen LogP contribution >= 0.6 is 11.3 Å². The minimum absolute atomic E-state index is 0.00775. The van der Waals surface area contributed by atoms with Crippen LogP contribution in [0.3, 0.4) is 0 Å². The van der Waals surface area contributed by atoms with Crippen molar-refractivity contribution in [3.8, 4) is 11.5 Å². The topological polar surface area (TPSA) is 51.7 Å². The van der Waals surface area contributed by atoms with Crippen molar-refractivity contribution in [3.63, 3.8) is 0 Å². The summed E-state index contributed by atoms with van der Waals surface area (Å²) in [6.07, 6.45) is 5.34. The fourth-order valence-electron chi connectivity index (χ4n) is 3.55. The Balaban J connectivity index is 1.56. The van der Waals surface area contributed by atoms with Crippen molar-refractivity contribution < 1.29 is 14.3 Å². The van der Waals surface area contributed by atoms with Crippen LogP contribution in [0, 0.1) is 0 Å². The van der Waals surface area contributed by atoms with E-state index in [1.807, 2.05) is 41.3 Å². The Hall–Kier alpha value is -2.86. The quantitative estimate of drug-likeness (QED) is 0.589. The van der Waals surface area contributed by atoms with Crippen LogP contribution in [0.4, 0.5) is 0 Å². The van der Waals surface area contributed by atoms with E-state index in [0.717, 1.165) is 45.9 Å². The summed E-state index contributed by atoms with van der Waals surface area (Å²) < 4.78 is 11.8. The number of para-hydroxylation sites is 1. The van der Waals surface area contributed by atoms with Crippen LogP contribution in [0.5, 0.6) is 11.5 Å². The zero-order valence-corrected chi connectivity index (χ0v) is 16.7. The van der Waals surface area contributed by atoms with Gasteiger partial charge < -0.3 is 14.4 Å². The summed E-state index contributed by atoms with van der Waals surface area (Å²) in [6.45, 7) is 0.749. The molecule has 144 valence electrons. The van der Waals surface area contributed by atoms with Crippen molar-refractivity contribution in [2.45, 2.75) is 18.9 Å². The van der Waals surface area contributed by atoms with Gasteiger partial charge in [0.1, 0.15) is 16.5 Å². The van der Waals surface area contributed by atoms with Gasteiger partial charge in [0.15, 0.2) is 0 Å². The number of nitrogens with zero attached hydrogens (tertiary/aromatic N) is 2. The van der Waals surface area contributed by atoms with Gasteiger partial charge in [0.25, 0.3) is 0 Å². The monoisotopic (exact) mass is 394 g/mol. The van der Waals surface area contributed by atoms with Crippen LogP contribution in [0.15, 0.2) is 48.5 Å². The highest BCUT2D eigenvalue weighted by molar-refractivity contribution is 7.18. The summed E-state index contributed by atoms with van der Waals surface area (Å²) in [7, 11) is 3.23. The van der Waals surface area contributed by atoms with Gasteiger partial charge in [-0.2, -0.15) is 0 Å². The van der Waals surface area contributed by atoms with Gasteiger partial charge in [0.2, 0.25) is 5.91 Å². The molecule has 1 aliphatic rings.